The van der Waals surface area contributed by atoms with Crippen LogP contribution in [0.15, 0.2) is 34.0 Å². The van der Waals surface area contributed by atoms with Crippen molar-refractivity contribution in [2.45, 2.75) is 44.6 Å². The predicted molar refractivity (Wildman–Crippen MR) is 76.1 cm³/mol. The minimum Gasteiger partial charge on any atom is -0.471 e. The van der Waals surface area contributed by atoms with Gasteiger partial charge in [0.1, 0.15) is 17.0 Å². The molecule has 7 heteroatoms. The first-order chi connectivity index (χ1) is 9.24. The average Bonchev–Trinajstić information content (AvgIpc) is 2.95. The van der Waals surface area contributed by atoms with Crippen molar-refractivity contribution in [3.05, 3.63) is 30.4 Å². The van der Waals surface area contributed by atoms with Crippen molar-refractivity contribution in [2.24, 2.45) is 0 Å². The first-order valence-electron chi connectivity index (χ1n) is 6.37. The second kappa shape index (κ2) is 4.97. The number of nitrogens with zero attached hydrogens (tertiary/aromatic N) is 2. The molecule has 0 unspecified atom stereocenters. The van der Waals surface area contributed by atoms with E-state index in [9.17, 15) is 8.42 Å². The van der Waals surface area contributed by atoms with Gasteiger partial charge in [-0.05, 0) is 13.0 Å². The number of hydrogen-bond acceptors (Lipinski definition) is 4. The normalized spacial score (nSPS) is 12.6. The zero-order valence-electron chi connectivity index (χ0n) is 12.0. The molecule has 1 N–H and O–H groups in total. The van der Waals surface area contributed by atoms with Gasteiger partial charge in [-0.1, -0.05) is 20.8 Å². The quantitative estimate of drug-likeness (QED) is 0.941. The number of aryl methyl sites for hydroxylation is 1. The number of aromatic nitrogens is 2. The van der Waals surface area contributed by atoms with Crippen LogP contribution in [0, 0.1) is 0 Å². The Hall–Kier alpha value is -1.76. The maximum absolute atomic E-state index is 12.2. The minimum atomic E-state index is -3.64. The van der Waals surface area contributed by atoms with Gasteiger partial charge in [-0.2, -0.15) is 5.10 Å². The fourth-order valence-corrected chi connectivity index (χ4v) is 2.68. The Morgan fingerprint density at radius 2 is 2.10 bits per heavy atom. The Morgan fingerprint density at radius 3 is 2.60 bits per heavy atom. The summed E-state index contributed by atoms with van der Waals surface area (Å²) in [6.07, 6.45) is 2.52. The van der Waals surface area contributed by atoms with Gasteiger partial charge in [0.15, 0.2) is 0 Å². The van der Waals surface area contributed by atoms with Gasteiger partial charge in [-0.25, -0.2) is 13.1 Å². The molecular formula is C13H19N3O3S. The van der Waals surface area contributed by atoms with E-state index in [2.05, 4.69) is 9.82 Å². The van der Waals surface area contributed by atoms with Gasteiger partial charge in [0.05, 0.1) is 12.0 Å². The number of hydrogen-bond donors (Lipinski definition) is 1. The molecule has 0 atom stereocenters. The zero-order valence-corrected chi connectivity index (χ0v) is 12.9. The lowest BCUT2D eigenvalue weighted by molar-refractivity contribution is 0.542. The van der Waals surface area contributed by atoms with Crippen molar-refractivity contribution >= 4 is 15.8 Å². The number of sulfonamides is 1. The molecule has 6 nitrogen and oxygen atoms in total. The van der Waals surface area contributed by atoms with Crippen LogP contribution in [0.5, 0.6) is 0 Å². The summed E-state index contributed by atoms with van der Waals surface area (Å²) >= 11 is 0. The average molecular weight is 297 g/mol. The first kappa shape index (κ1) is 14.6. The molecule has 2 heterocycles. The maximum Gasteiger partial charge on any atom is 0.266 e. The Balaban J connectivity index is 2.37. The van der Waals surface area contributed by atoms with Gasteiger partial charge < -0.3 is 4.42 Å². The van der Waals surface area contributed by atoms with Crippen molar-refractivity contribution in [3.8, 4) is 0 Å². The second-order valence-corrected chi connectivity index (χ2v) is 7.23. The molecule has 0 saturated carbocycles. The number of rotatable bonds is 4. The predicted octanol–water partition coefficient (Wildman–Crippen LogP) is 2.59. The summed E-state index contributed by atoms with van der Waals surface area (Å²) in [6, 6.07) is 3.17. The molecule has 0 saturated heterocycles. The van der Waals surface area contributed by atoms with Gasteiger partial charge in [0, 0.05) is 18.0 Å². The summed E-state index contributed by atoms with van der Waals surface area (Å²) in [7, 11) is -3.64. The highest BCUT2D eigenvalue weighted by molar-refractivity contribution is 7.92. The van der Waals surface area contributed by atoms with E-state index < -0.39 is 10.0 Å². The molecule has 0 bridgehead atoms. The van der Waals surface area contributed by atoms with Crippen LogP contribution in [-0.4, -0.2) is 18.2 Å². The van der Waals surface area contributed by atoms with E-state index in [0.717, 1.165) is 5.69 Å². The van der Waals surface area contributed by atoms with Gasteiger partial charge in [-0.3, -0.25) is 4.72 Å². The molecule has 0 amide bonds. The van der Waals surface area contributed by atoms with E-state index in [4.69, 9.17) is 4.42 Å². The lowest BCUT2D eigenvalue weighted by Crippen LogP contribution is -2.15. The molecular weight excluding hydrogens is 278 g/mol. The summed E-state index contributed by atoms with van der Waals surface area (Å²) in [4.78, 5) is 0.0960. The van der Waals surface area contributed by atoms with Crippen LogP contribution in [0.25, 0.3) is 0 Å². The molecule has 2 aromatic heterocycles. The van der Waals surface area contributed by atoms with Crippen molar-refractivity contribution in [1.82, 2.24) is 9.78 Å². The molecule has 2 rings (SSSR count). The largest absolute Gasteiger partial charge is 0.471 e. The fourth-order valence-electron chi connectivity index (χ4n) is 1.71. The molecule has 0 aliphatic rings. The monoisotopic (exact) mass is 297 g/mol. The van der Waals surface area contributed by atoms with Gasteiger partial charge in [0.25, 0.3) is 10.0 Å². The SMILES string of the molecule is CCn1nc(C(C)(C)C)cc1NS(=O)(=O)c1ccoc1. The van der Waals surface area contributed by atoms with Crippen LogP contribution in [0.3, 0.4) is 0 Å². The first-order valence-corrected chi connectivity index (χ1v) is 7.85. The Bertz CT molecular complexity index is 679. The van der Waals surface area contributed by atoms with E-state index in [1.54, 1.807) is 10.7 Å². The van der Waals surface area contributed by atoms with E-state index in [1.807, 2.05) is 27.7 Å². The van der Waals surface area contributed by atoms with E-state index in [1.165, 1.54) is 18.6 Å². The second-order valence-electron chi connectivity index (χ2n) is 5.55. The molecule has 0 aromatic carbocycles. The molecule has 0 aliphatic carbocycles. The van der Waals surface area contributed by atoms with Gasteiger partial charge in [-0.15, -0.1) is 0 Å². The topological polar surface area (TPSA) is 77.1 Å². The van der Waals surface area contributed by atoms with Crippen LogP contribution in [0.2, 0.25) is 0 Å². The third-order valence-electron chi connectivity index (χ3n) is 2.89. The third-order valence-corrected chi connectivity index (χ3v) is 4.22. The highest BCUT2D eigenvalue weighted by Gasteiger charge is 2.23. The molecule has 20 heavy (non-hydrogen) atoms. The lowest BCUT2D eigenvalue weighted by Gasteiger charge is -2.13. The molecule has 110 valence electrons. The third kappa shape index (κ3) is 2.87. The summed E-state index contributed by atoms with van der Waals surface area (Å²) in [5.41, 5.74) is 0.695. The summed E-state index contributed by atoms with van der Waals surface area (Å²) in [5, 5.41) is 4.43. The Labute approximate surface area is 118 Å². The molecule has 0 fully saturated rings. The number of nitrogens with one attached hydrogen (secondary N) is 1. The number of anilines is 1. The standard InChI is InChI=1S/C13H19N3O3S/c1-5-16-12(8-11(14-16)13(2,3)4)15-20(17,18)10-6-7-19-9-10/h6-9,15H,5H2,1-4H3. The zero-order chi connectivity index (χ0) is 15.0. The summed E-state index contributed by atoms with van der Waals surface area (Å²) in [5.74, 6) is 0.457. The van der Waals surface area contributed by atoms with Crippen LogP contribution in [-0.2, 0) is 22.0 Å². The fraction of sp³-hybridized carbons (Fsp3) is 0.462. The molecule has 0 aliphatic heterocycles. The summed E-state index contributed by atoms with van der Waals surface area (Å²) < 4.78 is 33.4. The van der Waals surface area contributed by atoms with Crippen molar-refractivity contribution in [3.63, 3.8) is 0 Å². The number of furan rings is 1. The maximum atomic E-state index is 12.2. The smallest absolute Gasteiger partial charge is 0.266 e. The van der Waals surface area contributed by atoms with E-state index >= 15 is 0 Å². The van der Waals surface area contributed by atoms with Crippen LogP contribution < -0.4 is 4.72 Å². The van der Waals surface area contributed by atoms with Crippen LogP contribution >= 0.6 is 0 Å². The minimum absolute atomic E-state index is 0.0960. The van der Waals surface area contributed by atoms with Crippen LogP contribution in [0.1, 0.15) is 33.4 Å². The van der Waals surface area contributed by atoms with Gasteiger partial charge >= 0.3 is 0 Å². The Kier molecular flexibility index (Phi) is 3.64. The highest BCUT2D eigenvalue weighted by Crippen LogP contribution is 2.25. The van der Waals surface area contributed by atoms with E-state index in [-0.39, 0.29) is 10.3 Å². The molecule has 0 radical (unpaired) electrons. The van der Waals surface area contributed by atoms with Gasteiger partial charge in [0.2, 0.25) is 0 Å². The lowest BCUT2D eigenvalue weighted by atomic mass is 9.92. The van der Waals surface area contributed by atoms with Crippen molar-refractivity contribution in [1.29, 1.82) is 0 Å². The molecule has 2 aromatic rings. The highest BCUT2D eigenvalue weighted by atomic mass is 32.2. The van der Waals surface area contributed by atoms with Crippen molar-refractivity contribution < 1.29 is 12.8 Å². The Morgan fingerprint density at radius 1 is 1.40 bits per heavy atom. The summed E-state index contributed by atoms with van der Waals surface area (Å²) in [6.45, 7) is 8.59. The molecule has 0 spiro atoms. The van der Waals surface area contributed by atoms with Crippen molar-refractivity contribution in [2.75, 3.05) is 4.72 Å². The van der Waals surface area contributed by atoms with E-state index in [0.29, 0.717) is 12.4 Å². The van der Waals surface area contributed by atoms with Crippen LogP contribution in [0.4, 0.5) is 5.82 Å².